The Bertz CT molecular complexity index is 797. The molecule has 0 saturated heterocycles. The number of pyridine rings is 1. The summed E-state index contributed by atoms with van der Waals surface area (Å²) in [7, 11) is 0. The summed E-state index contributed by atoms with van der Waals surface area (Å²) < 4.78 is 0. The van der Waals surface area contributed by atoms with Crippen LogP contribution in [0.3, 0.4) is 0 Å². The van der Waals surface area contributed by atoms with Gasteiger partial charge in [-0.15, -0.1) is 0 Å². The fourth-order valence-corrected chi connectivity index (χ4v) is 1.99. The summed E-state index contributed by atoms with van der Waals surface area (Å²) in [6.07, 6.45) is 3.22. The van der Waals surface area contributed by atoms with E-state index in [0.29, 0.717) is 16.8 Å². The molecule has 20 heavy (non-hydrogen) atoms. The molecule has 0 unspecified atom stereocenters. The molecule has 0 spiro atoms. The van der Waals surface area contributed by atoms with Crippen LogP contribution in [0, 0.1) is 0 Å². The Morgan fingerprint density at radius 3 is 2.60 bits per heavy atom. The number of phenols is 2. The Balaban J connectivity index is 2.08. The van der Waals surface area contributed by atoms with Gasteiger partial charge in [0.15, 0.2) is 0 Å². The van der Waals surface area contributed by atoms with Gasteiger partial charge in [-0.1, -0.05) is 12.1 Å². The van der Waals surface area contributed by atoms with Gasteiger partial charge in [0.1, 0.15) is 17.0 Å². The highest BCUT2D eigenvalue weighted by atomic mass is 16.3. The minimum absolute atomic E-state index is 0.127. The van der Waals surface area contributed by atoms with E-state index in [9.17, 15) is 10.2 Å². The fourth-order valence-electron chi connectivity index (χ4n) is 1.99. The maximum atomic E-state index is 9.77. The standard InChI is InChI=1S/C16H12N2O2/c19-14-6-2-1-4-11(14)10-18-13-7-8-15(20)16-12(13)5-3-9-17-16/h1-10,19-20H. The third-order valence-corrected chi connectivity index (χ3v) is 3.00. The second-order valence-corrected chi connectivity index (χ2v) is 4.32. The average molecular weight is 264 g/mol. The summed E-state index contributed by atoms with van der Waals surface area (Å²) in [6.45, 7) is 0. The highest BCUT2D eigenvalue weighted by Gasteiger charge is 2.04. The molecule has 0 bridgehead atoms. The van der Waals surface area contributed by atoms with E-state index in [1.54, 1.807) is 48.8 Å². The van der Waals surface area contributed by atoms with Gasteiger partial charge in [-0.05, 0) is 36.4 Å². The highest BCUT2D eigenvalue weighted by molar-refractivity contribution is 5.96. The number of fused-ring (bicyclic) bond motifs is 1. The minimum atomic E-state index is 0.127. The molecular formula is C16H12N2O2. The second kappa shape index (κ2) is 5.01. The van der Waals surface area contributed by atoms with Crippen LogP contribution in [-0.2, 0) is 0 Å². The molecule has 0 fully saturated rings. The van der Waals surface area contributed by atoms with Gasteiger partial charge in [-0.3, -0.25) is 9.98 Å². The quantitative estimate of drug-likeness (QED) is 0.697. The SMILES string of the molecule is Oc1ccccc1C=Nc1ccc(O)c2ncccc12. The van der Waals surface area contributed by atoms with E-state index in [4.69, 9.17) is 0 Å². The lowest BCUT2D eigenvalue weighted by atomic mass is 10.1. The summed E-state index contributed by atoms with van der Waals surface area (Å²) >= 11 is 0. The first-order valence-electron chi connectivity index (χ1n) is 6.14. The normalized spacial score (nSPS) is 11.2. The van der Waals surface area contributed by atoms with E-state index >= 15 is 0 Å². The van der Waals surface area contributed by atoms with E-state index in [1.165, 1.54) is 0 Å². The van der Waals surface area contributed by atoms with Gasteiger partial charge in [-0.2, -0.15) is 0 Å². The van der Waals surface area contributed by atoms with Crippen LogP contribution in [0.1, 0.15) is 5.56 Å². The number of aliphatic imine (C=N–C) groups is 1. The van der Waals surface area contributed by atoms with Gasteiger partial charge in [-0.25, -0.2) is 0 Å². The third kappa shape index (κ3) is 2.19. The van der Waals surface area contributed by atoms with Gasteiger partial charge in [0.05, 0.1) is 5.69 Å². The summed E-state index contributed by atoms with van der Waals surface area (Å²) in [6, 6.07) is 13.9. The number of phenolic OH excluding ortho intramolecular Hbond substituents is 2. The largest absolute Gasteiger partial charge is 0.507 e. The smallest absolute Gasteiger partial charge is 0.141 e. The number of aromatic hydroxyl groups is 2. The molecule has 0 atom stereocenters. The molecule has 98 valence electrons. The molecule has 0 radical (unpaired) electrons. The Morgan fingerprint density at radius 2 is 1.75 bits per heavy atom. The summed E-state index contributed by atoms with van der Waals surface area (Å²) in [5.41, 5.74) is 1.84. The van der Waals surface area contributed by atoms with E-state index in [-0.39, 0.29) is 11.5 Å². The summed E-state index contributed by atoms with van der Waals surface area (Å²) in [5, 5.41) is 20.2. The first-order valence-corrected chi connectivity index (χ1v) is 6.14. The summed E-state index contributed by atoms with van der Waals surface area (Å²) in [5.74, 6) is 0.305. The molecule has 0 aliphatic carbocycles. The van der Waals surface area contributed by atoms with Crippen LogP contribution in [0.4, 0.5) is 5.69 Å². The number of hydrogen-bond acceptors (Lipinski definition) is 4. The molecule has 2 N–H and O–H groups in total. The van der Waals surface area contributed by atoms with Crippen molar-refractivity contribution in [3.8, 4) is 11.5 Å². The van der Waals surface area contributed by atoms with Crippen molar-refractivity contribution < 1.29 is 10.2 Å². The topological polar surface area (TPSA) is 65.7 Å². The van der Waals surface area contributed by atoms with Crippen LogP contribution in [0.25, 0.3) is 10.9 Å². The molecule has 0 saturated carbocycles. The predicted octanol–water partition coefficient (Wildman–Crippen LogP) is 3.40. The van der Waals surface area contributed by atoms with Crippen LogP contribution in [0.5, 0.6) is 11.5 Å². The molecule has 4 nitrogen and oxygen atoms in total. The molecule has 3 rings (SSSR count). The van der Waals surface area contributed by atoms with Crippen molar-refractivity contribution in [1.82, 2.24) is 4.98 Å². The van der Waals surface area contributed by atoms with Crippen LogP contribution in [-0.4, -0.2) is 21.4 Å². The van der Waals surface area contributed by atoms with Gasteiger partial charge < -0.3 is 10.2 Å². The minimum Gasteiger partial charge on any atom is -0.507 e. The van der Waals surface area contributed by atoms with E-state index in [2.05, 4.69) is 9.98 Å². The molecule has 0 aliphatic heterocycles. The lowest BCUT2D eigenvalue weighted by molar-refractivity contribution is 0.474. The lowest BCUT2D eigenvalue weighted by Crippen LogP contribution is -1.83. The molecule has 1 aromatic heterocycles. The Labute approximate surface area is 115 Å². The van der Waals surface area contributed by atoms with Crippen molar-refractivity contribution >= 4 is 22.8 Å². The number of benzene rings is 2. The molecule has 4 heteroatoms. The van der Waals surface area contributed by atoms with Crippen LogP contribution in [0.2, 0.25) is 0 Å². The maximum Gasteiger partial charge on any atom is 0.141 e. The first-order chi connectivity index (χ1) is 9.75. The molecule has 3 aromatic rings. The number of hydrogen-bond donors (Lipinski definition) is 2. The van der Waals surface area contributed by atoms with Crippen LogP contribution in [0.15, 0.2) is 59.7 Å². The lowest BCUT2D eigenvalue weighted by Gasteiger charge is -2.03. The highest BCUT2D eigenvalue weighted by Crippen LogP contribution is 2.30. The number of para-hydroxylation sites is 1. The van der Waals surface area contributed by atoms with Crippen LogP contribution >= 0.6 is 0 Å². The molecule has 0 amide bonds. The van der Waals surface area contributed by atoms with E-state index < -0.39 is 0 Å². The van der Waals surface area contributed by atoms with Crippen molar-refractivity contribution in [2.75, 3.05) is 0 Å². The monoisotopic (exact) mass is 264 g/mol. The number of aromatic nitrogens is 1. The molecule has 0 aliphatic rings. The Morgan fingerprint density at radius 1 is 0.900 bits per heavy atom. The van der Waals surface area contributed by atoms with Gasteiger partial charge >= 0.3 is 0 Å². The zero-order chi connectivity index (χ0) is 13.9. The van der Waals surface area contributed by atoms with Gasteiger partial charge in [0.2, 0.25) is 0 Å². The Hall–Kier alpha value is -2.88. The van der Waals surface area contributed by atoms with Crippen molar-refractivity contribution in [2.45, 2.75) is 0 Å². The third-order valence-electron chi connectivity index (χ3n) is 3.00. The number of rotatable bonds is 2. The van der Waals surface area contributed by atoms with Crippen molar-refractivity contribution in [3.05, 3.63) is 60.3 Å². The zero-order valence-electron chi connectivity index (χ0n) is 10.6. The zero-order valence-corrected chi connectivity index (χ0v) is 10.6. The Kier molecular flexibility index (Phi) is 3.05. The van der Waals surface area contributed by atoms with Gasteiger partial charge in [0, 0.05) is 23.4 Å². The molecular weight excluding hydrogens is 252 g/mol. The average Bonchev–Trinajstić information content (AvgIpc) is 2.48. The predicted molar refractivity (Wildman–Crippen MR) is 78.8 cm³/mol. The van der Waals surface area contributed by atoms with Crippen molar-refractivity contribution in [3.63, 3.8) is 0 Å². The first kappa shape index (κ1) is 12.2. The van der Waals surface area contributed by atoms with Gasteiger partial charge in [0.25, 0.3) is 0 Å². The molecule has 2 aromatic carbocycles. The van der Waals surface area contributed by atoms with E-state index in [0.717, 1.165) is 5.39 Å². The fraction of sp³-hybridized carbons (Fsp3) is 0. The summed E-state index contributed by atoms with van der Waals surface area (Å²) in [4.78, 5) is 8.51. The van der Waals surface area contributed by atoms with Crippen molar-refractivity contribution in [1.29, 1.82) is 0 Å². The van der Waals surface area contributed by atoms with E-state index in [1.807, 2.05) is 12.1 Å². The molecule has 1 heterocycles. The van der Waals surface area contributed by atoms with Crippen molar-refractivity contribution in [2.24, 2.45) is 4.99 Å². The number of nitrogens with zero attached hydrogens (tertiary/aromatic N) is 2. The van der Waals surface area contributed by atoms with Crippen LogP contribution < -0.4 is 0 Å². The second-order valence-electron chi connectivity index (χ2n) is 4.32. The maximum absolute atomic E-state index is 9.77.